The van der Waals surface area contributed by atoms with Gasteiger partial charge in [0.15, 0.2) is 5.78 Å². The first-order valence-electron chi connectivity index (χ1n) is 10.3. The second-order valence-electron chi connectivity index (χ2n) is 7.10. The van der Waals surface area contributed by atoms with Crippen LogP contribution < -0.4 is 14.9 Å². The van der Waals surface area contributed by atoms with Gasteiger partial charge in [-0.05, 0) is 79.1 Å². The zero-order valence-electron chi connectivity index (χ0n) is 18.2. The Morgan fingerprint density at radius 2 is 1.28 bits per heavy atom. The highest BCUT2D eigenvalue weighted by molar-refractivity contribution is 6.03. The van der Waals surface area contributed by atoms with Gasteiger partial charge in [-0.15, -0.1) is 0 Å². The molecule has 3 aromatic rings. The van der Waals surface area contributed by atoms with Gasteiger partial charge in [0.1, 0.15) is 11.5 Å². The lowest BCUT2D eigenvalue weighted by Crippen LogP contribution is -2.20. The molecular weight excluding hydrogens is 404 g/mol. The summed E-state index contributed by atoms with van der Waals surface area (Å²) in [5, 5.41) is 4.37. The minimum atomic E-state index is -0.286. The maximum atomic E-state index is 12.5. The van der Waals surface area contributed by atoms with Gasteiger partial charge >= 0.3 is 0 Å². The van der Waals surface area contributed by atoms with Crippen molar-refractivity contribution in [2.75, 3.05) is 14.2 Å². The van der Waals surface area contributed by atoms with Gasteiger partial charge in [0, 0.05) is 17.5 Å². The lowest BCUT2D eigenvalue weighted by Gasteiger charge is -2.09. The van der Waals surface area contributed by atoms with Crippen LogP contribution in [0.5, 0.6) is 11.5 Å². The van der Waals surface area contributed by atoms with Crippen LogP contribution in [0, 0.1) is 0 Å². The second kappa shape index (κ2) is 11.5. The van der Waals surface area contributed by atoms with Crippen molar-refractivity contribution in [3.05, 3.63) is 95.6 Å². The number of hydrazone groups is 1. The molecule has 0 aliphatic carbocycles. The summed E-state index contributed by atoms with van der Waals surface area (Å²) in [5.41, 5.74) is 5.35. The molecule has 0 saturated carbocycles. The fourth-order valence-electron chi connectivity index (χ4n) is 3.16. The van der Waals surface area contributed by atoms with Crippen molar-refractivity contribution in [3.8, 4) is 11.5 Å². The highest BCUT2D eigenvalue weighted by atomic mass is 16.5. The predicted molar refractivity (Wildman–Crippen MR) is 125 cm³/mol. The molecule has 0 aliphatic rings. The molecule has 32 heavy (non-hydrogen) atoms. The van der Waals surface area contributed by atoms with Crippen LogP contribution in [0.1, 0.15) is 45.5 Å². The van der Waals surface area contributed by atoms with E-state index in [2.05, 4.69) is 10.5 Å². The number of rotatable bonds is 10. The lowest BCUT2D eigenvalue weighted by molar-refractivity contribution is 0.0951. The van der Waals surface area contributed by atoms with Gasteiger partial charge in [-0.3, -0.25) is 9.59 Å². The smallest absolute Gasteiger partial charge is 0.271 e. The Labute approximate surface area is 187 Å². The summed E-state index contributed by atoms with van der Waals surface area (Å²) < 4.78 is 10.4. The van der Waals surface area contributed by atoms with E-state index >= 15 is 0 Å². The predicted octanol–water partition coefficient (Wildman–Crippen LogP) is 4.89. The summed E-state index contributed by atoms with van der Waals surface area (Å²) in [5.74, 6) is 1.21. The molecule has 1 amide bonds. The van der Waals surface area contributed by atoms with Crippen LogP contribution in [0.25, 0.3) is 0 Å². The van der Waals surface area contributed by atoms with Crippen LogP contribution >= 0.6 is 0 Å². The zero-order chi connectivity index (χ0) is 22.8. The molecule has 0 aromatic heterocycles. The van der Waals surface area contributed by atoms with Crippen molar-refractivity contribution in [1.82, 2.24) is 5.43 Å². The number of methoxy groups -OCH3 is 2. The molecule has 6 nitrogen and oxygen atoms in total. The first-order chi connectivity index (χ1) is 15.6. The average molecular weight is 431 g/mol. The Balaban J connectivity index is 1.68. The molecule has 1 N–H and O–H groups in total. The van der Waals surface area contributed by atoms with Crippen LogP contribution in [0.4, 0.5) is 0 Å². The van der Waals surface area contributed by atoms with E-state index in [1.165, 1.54) is 0 Å². The van der Waals surface area contributed by atoms with Gasteiger partial charge in [-0.1, -0.05) is 18.2 Å². The van der Waals surface area contributed by atoms with Crippen LogP contribution in [-0.4, -0.2) is 31.6 Å². The molecule has 3 rings (SSSR count). The van der Waals surface area contributed by atoms with Gasteiger partial charge < -0.3 is 9.47 Å². The molecule has 0 atom stereocenters. The number of ketones is 1. The Morgan fingerprint density at radius 1 is 0.719 bits per heavy atom. The summed E-state index contributed by atoms with van der Waals surface area (Å²) >= 11 is 0. The monoisotopic (exact) mass is 430 g/mol. The van der Waals surface area contributed by atoms with Crippen LogP contribution in [0.15, 0.2) is 84.0 Å². The number of hydrogen-bond donors (Lipinski definition) is 1. The standard InChI is InChI=1S/C26H26N2O4/c1-31-22-15-11-19(12-16-22)24(27-28-26(30)21-7-4-3-5-8-21)9-6-10-25(29)20-13-17-23(32-2)18-14-20/h3-5,7-8,11-18H,6,9-10H2,1-2H3,(H,28,30). The number of ether oxygens (including phenoxy) is 2. The molecule has 0 radical (unpaired) electrons. The van der Waals surface area contributed by atoms with E-state index in [1.54, 1.807) is 62.8 Å². The normalized spacial score (nSPS) is 11.0. The number of hydrogen-bond acceptors (Lipinski definition) is 5. The van der Waals surface area contributed by atoms with E-state index in [1.807, 2.05) is 30.3 Å². The van der Waals surface area contributed by atoms with Crippen molar-refractivity contribution in [2.24, 2.45) is 5.10 Å². The van der Waals surface area contributed by atoms with E-state index in [0.29, 0.717) is 41.9 Å². The minimum Gasteiger partial charge on any atom is -0.497 e. The Hall–Kier alpha value is -3.93. The van der Waals surface area contributed by atoms with Crippen LogP contribution in [0.3, 0.4) is 0 Å². The average Bonchev–Trinajstić information content (AvgIpc) is 2.86. The van der Waals surface area contributed by atoms with Crippen molar-refractivity contribution in [2.45, 2.75) is 19.3 Å². The number of amides is 1. The summed E-state index contributed by atoms with van der Waals surface area (Å²) in [6, 6.07) is 23.4. The van der Waals surface area contributed by atoms with Crippen molar-refractivity contribution in [1.29, 1.82) is 0 Å². The molecule has 164 valence electrons. The largest absolute Gasteiger partial charge is 0.497 e. The number of carbonyl (C=O) groups excluding carboxylic acids is 2. The molecule has 0 spiro atoms. The van der Waals surface area contributed by atoms with E-state index in [4.69, 9.17) is 9.47 Å². The van der Waals surface area contributed by atoms with E-state index in [9.17, 15) is 9.59 Å². The van der Waals surface area contributed by atoms with Gasteiger partial charge in [0.25, 0.3) is 5.91 Å². The number of benzene rings is 3. The Morgan fingerprint density at radius 3 is 1.84 bits per heavy atom. The van der Waals surface area contributed by atoms with Crippen LogP contribution in [0.2, 0.25) is 0 Å². The van der Waals surface area contributed by atoms with Crippen molar-refractivity contribution < 1.29 is 19.1 Å². The quantitative estimate of drug-likeness (QED) is 0.282. The molecule has 0 saturated heterocycles. The zero-order valence-corrected chi connectivity index (χ0v) is 18.2. The lowest BCUT2D eigenvalue weighted by atomic mass is 10.0. The summed E-state index contributed by atoms with van der Waals surface area (Å²) in [6.45, 7) is 0. The molecule has 3 aromatic carbocycles. The first kappa shape index (κ1) is 22.7. The SMILES string of the molecule is COc1ccc(C(=O)CCCC(=NNC(=O)c2ccccc2)c2ccc(OC)cc2)cc1. The summed E-state index contributed by atoms with van der Waals surface area (Å²) in [7, 11) is 3.20. The van der Waals surface area contributed by atoms with Crippen molar-refractivity contribution >= 4 is 17.4 Å². The van der Waals surface area contributed by atoms with Gasteiger partial charge in [0.2, 0.25) is 0 Å². The van der Waals surface area contributed by atoms with E-state index in [-0.39, 0.29) is 11.7 Å². The van der Waals surface area contributed by atoms with Crippen molar-refractivity contribution in [3.63, 3.8) is 0 Å². The van der Waals surface area contributed by atoms with E-state index < -0.39 is 0 Å². The Kier molecular flexibility index (Phi) is 8.15. The van der Waals surface area contributed by atoms with Gasteiger partial charge in [-0.25, -0.2) is 5.43 Å². The second-order valence-corrected chi connectivity index (χ2v) is 7.10. The summed E-state index contributed by atoms with van der Waals surface area (Å²) in [4.78, 5) is 24.9. The number of carbonyl (C=O) groups is 2. The molecule has 0 heterocycles. The molecule has 6 heteroatoms. The fraction of sp³-hybridized carbons (Fsp3) is 0.192. The number of nitrogens with one attached hydrogen (secondary N) is 1. The summed E-state index contributed by atoms with van der Waals surface area (Å²) in [6.07, 6.45) is 1.49. The maximum Gasteiger partial charge on any atom is 0.271 e. The minimum absolute atomic E-state index is 0.0510. The van der Waals surface area contributed by atoms with Gasteiger partial charge in [-0.2, -0.15) is 5.10 Å². The van der Waals surface area contributed by atoms with Gasteiger partial charge in [0.05, 0.1) is 19.9 Å². The van der Waals surface area contributed by atoms with Crippen LogP contribution in [-0.2, 0) is 0 Å². The highest BCUT2D eigenvalue weighted by Gasteiger charge is 2.11. The number of nitrogens with zero attached hydrogens (tertiary/aromatic N) is 1. The highest BCUT2D eigenvalue weighted by Crippen LogP contribution is 2.17. The molecular formula is C26H26N2O4. The first-order valence-corrected chi connectivity index (χ1v) is 10.3. The third-order valence-electron chi connectivity index (χ3n) is 4.98. The third kappa shape index (κ3) is 6.28. The fourth-order valence-corrected chi connectivity index (χ4v) is 3.16. The molecule has 0 fully saturated rings. The molecule has 0 aliphatic heterocycles. The number of Topliss-reactive ketones (excluding diaryl/α,β-unsaturated/α-hetero) is 1. The topological polar surface area (TPSA) is 77.0 Å². The molecule has 0 bridgehead atoms. The third-order valence-corrected chi connectivity index (χ3v) is 4.98. The molecule has 0 unspecified atom stereocenters. The Bertz CT molecular complexity index is 1060. The maximum absolute atomic E-state index is 12.5. The van der Waals surface area contributed by atoms with E-state index in [0.717, 1.165) is 11.3 Å².